The molecule has 0 saturated carbocycles. The number of nitrogens with zero attached hydrogens (tertiary/aromatic N) is 2. The lowest BCUT2D eigenvalue weighted by Crippen LogP contribution is -1.89. The van der Waals surface area contributed by atoms with Crippen LogP contribution in [0.5, 0.6) is 0 Å². The predicted octanol–water partition coefficient (Wildman–Crippen LogP) is 6.43. The molecule has 0 spiro atoms. The Labute approximate surface area is 158 Å². The number of aryl methyl sites for hydroxylation is 1. The molecule has 27 heavy (non-hydrogen) atoms. The van der Waals surface area contributed by atoms with Gasteiger partial charge < -0.3 is 0 Å². The molecule has 0 aliphatic carbocycles. The lowest BCUT2D eigenvalue weighted by atomic mass is 10.0. The SMILES string of the molecule is Cc1cnc2c(ccc3ccc(-c4ccc(-c5ccccc5)cc4)nc32)c1. The third-order valence-corrected chi connectivity index (χ3v) is 4.93. The quantitative estimate of drug-likeness (QED) is 0.344. The van der Waals surface area contributed by atoms with E-state index in [1.54, 1.807) is 0 Å². The van der Waals surface area contributed by atoms with Crippen molar-refractivity contribution < 1.29 is 0 Å². The smallest absolute Gasteiger partial charge is 0.0972 e. The third kappa shape index (κ3) is 2.85. The summed E-state index contributed by atoms with van der Waals surface area (Å²) in [5.41, 5.74) is 7.59. The van der Waals surface area contributed by atoms with Crippen LogP contribution in [-0.2, 0) is 0 Å². The maximum atomic E-state index is 4.94. The Morgan fingerprint density at radius 3 is 2.07 bits per heavy atom. The third-order valence-electron chi connectivity index (χ3n) is 4.93. The first-order chi connectivity index (χ1) is 13.3. The second-order valence-electron chi connectivity index (χ2n) is 6.86. The minimum atomic E-state index is 0.956. The normalized spacial score (nSPS) is 11.1. The number of benzene rings is 3. The van der Waals surface area contributed by atoms with Crippen molar-refractivity contribution >= 4 is 21.8 Å². The van der Waals surface area contributed by atoms with Crippen molar-refractivity contribution in [3.63, 3.8) is 0 Å². The highest BCUT2D eigenvalue weighted by atomic mass is 14.8. The molecule has 2 nitrogen and oxygen atoms in total. The van der Waals surface area contributed by atoms with E-state index < -0.39 is 0 Å². The van der Waals surface area contributed by atoms with Crippen LogP contribution in [0.25, 0.3) is 44.2 Å². The molecule has 0 amide bonds. The summed E-state index contributed by atoms with van der Waals surface area (Å²) in [7, 11) is 0. The molecule has 0 aliphatic heterocycles. The molecule has 2 aromatic heterocycles. The summed E-state index contributed by atoms with van der Waals surface area (Å²) >= 11 is 0. The molecule has 0 saturated heterocycles. The molecule has 2 heteroatoms. The van der Waals surface area contributed by atoms with Gasteiger partial charge in [-0.05, 0) is 35.7 Å². The molecular weight excluding hydrogens is 328 g/mol. The van der Waals surface area contributed by atoms with Gasteiger partial charge in [-0.15, -0.1) is 0 Å². The van der Waals surface area contributed by atoms with Crippen molar-refractivity contribution in [2.75, 3.05) is 0 Å². The van der Waals surface area contributed by atoms with Crippen molar-refractivity contribution in [2.45, 2.75) is 6.92 Å². The van der Waals surface area contributed by atoms with Gasteiger partial charge in [-0.25, -0.2) is 4.98 Å². The molecule has 0 aliphatic rings. The Bertz CT molecular complexity index is 1260. The van der Waals surface area contributed by atoms with Gasteiger partial charge in [0.25, 0.3) is 0 Å². The van der Waals surface area contributed by atoms with Crippen LogP contribution in [0.2, 0.25) is 0 Å². The van der Waals surface area contributed by atoms with E-state index in [-0.39, 0.29) is 0 Å². The van der Waals surface area contributed by atoms with Crippen molar-refractivity contribution in [1.29, 1.82) is 0 Å². The average molecular weight is 346 g/mol. The fraction of sp³-hybridized carbons (Fsp3) is 0.0400. The minimum Gasteiger partial charge on any atom is -0.254 e. The summed E-state index contributed by atoms with van der Waals surface area (Å²) in [6, 6.07) is 29.6. The van der Waals surface area contributed by atoms with Gasteiger partial charge in [0, 0.05) is 22.5 Å². The number of pyridine rings is 2. The number of aromatic nitrogens is 2. The number of fused-ring (bicyclic) bond motifs is 3. The zero-order valence-corrected chi connectivity index (χ0v) is 15.1. The first kappa shape index (κ1) is 15.7. The monoisotopic (exact) mass is 346 g/mol. The molecule has 3 aromatic carbocycles. The molecule has 5 rings (SSSR count). The van der Waals surface area contributed by atoms with Gasteiger partial charge in [-0.1, -0.05) is 72.8 Å². The Hall–Kier alpha value is -3.52. The fourth-order valence-electron chi connectivity index (χ4n) is 3.52. The highest BCUT2D eigenvalue weighted by molar-refractivity contribution is 6.03. The van der Waals surface area contributed by atoms with E-state index in [4.69, 9.17) is 4.98 Å². The largest absolute Gasteiger partial charge is 0.254 e. The van der Waals surface area contributed by atoms with Crippen molar-refractivity contribution in [1.82, 2.24) is 9.97 Å². The molecular formula is C25H18N2. The standard InChI is InChI=1S/C25H18N2/c1-17-15-22-12-11-21-13-14-23(27-25(21)24(22)26-16-17)20-9-7-19(8-10-20)18-5-3-2-4-6-18/h2-16H,1H3. The van der Waals surface area contributed by atoms with E-state index in [1.807, 2.05) is 12.3 Å². The molecule has 0 atom stereocenters. The van der Waals surface area contributed by atoms with Gasteiger partial charge in [0.2, 0.25) is 0 Å². The molecule has 2 heterocycles. The van der Waals surface area contributed by atoms with Gasteiger partial charge >= 0.3 is 0 Å². The zero-order valence-electron chi connectivity index (χ0n) is 15.1. The van der Waals surface area contributed by atoms with Crippen molar-refractivity contribution in [3.05, 3.63) is 96.7 Å². The average Bonchev–Trinajstić information content (AvgIpc) is 2.74. The van der Waals surface area contributed by atoms with Crippen LogP contribution < -0.4 is 0 Å². The zero-order chi connectivity index (χ0) is 18.2. The molecule has 5 aromatic rings. The van der Waals surface area contributed by atoms with E-state index in [2.05, 4.69) is 90.8 Å². The van der Waals surface area contributed by atoms with Crippen LogP contribution in [0.3, 0.4) is 0 Å². The maximum Gasteiger partial charge on any atom is 0.0972 e. The number of hydrogen-bond acceptors (Lipinski definition) is 2. The summed E-state index contributed by atoms with van der Waals surface area (Å²) in [5, 5.41) is 2.25. The Morgan fingerprint density at radius 1 is 0.593 bits per heavy atom. The van der Waals surface area contributed by atoms with Crippen LogP contribution in [0.1, 0.15) is 5.56 Å². The molecule has 0 N–H and O–H groups in total. The van der Waals surface area contributed by atoms with Crippen molar-refractivity contribution in [3.8, 4) is 22.4 Å². The lowest BCUT2D eigenvalue weighted by molar-refractivity contribution is 1.32. The summed E-state index contributed by atoms with van der Waals surface area (Å²) < 4.78 is 0. The number of hydrogen-bond donors (Lipinski definition) is 0. The maximum absolute atomic E-state index is 4.94. The van der Waals surface area contributed by atoms with E-state index in [0.717, 1.165) is 38.6 Å². The Morgan fingerprint density at radius 2 is 1.26 bits per heavy atom. The Balaban J connectivity index is 1.61. The highest BCUT2D eigenvalue weighted by Gasteiger charge is 2.07. The van der Waals surface area contributed by atoms with Gasteiger partial charge in [0.1, 0.15) is 0 Å². The minimum absolute atomic E-state index is 0.956. The van der Waals surface area contributed by atoms with E-state index in [0.29, 0.717) is 0 Å². The van der Waals surface area contributed by atoms with Gasteiger partial charge in [0.15, 0.2) is 0 Å². The highest BCUT2D eigenvalue weighted by Crippen LogP contribution is 2.28. The Kier molecular flexibility index (Phi) is 3.68. The lowest BCUT2D eigenvalue weighted by Gasteiger charge is -2.08. The molecule has 128 valence electrons. The summed E-state index contributed by atoms with van der Waals surface area (Å²) in [6.07, 6.45) is 1.91. The van der Waals surface area contributed by atoms with Gasteiger partial charge in [-0.2, -0.15) is 0 Å². The van der Waals surface area contributed by atoms with Gasteiger partial charge in [0.05, 0.1) is 16.7 Å². The molecule has 0 fully saturated rings. The van der Waals surface area contributed by atoms with Crippen LogP contribution >= 0.6 is 0 Å². The van der Waals surface area contributed by atoms with Crippen LogP contribution in [0, 0.1) is 6.92 Å². The molecule has 0 radical (unpaired) electrons. The topological polar surface area (TPSA) is 25.8 Å². The van der Waals surface area contributed by atoms with Crippen LogP contribution in [-0.4, -0.2) is 9.97 Å². The van der Waals surface area contributed by atoms with Crippen molar-refractivity contribution in [2.24, 2.45) is 0 Å². The summed E-state index contributed by atoms with van der Waals surface area (Å²) in [5.74, 6) is 0. The van der Waals surface area contributed by atoms with Crippen LogP contribution in [0.15, 0.2) is 91.1 Å². The first-order valence-corrected chi connectivity index (χ1v) is 9.10. The second-order valence-corrected chi connectivity index (χ2v) is 6.86. The van der Waals surface area contributed by atoms with E-state index >= 15 is 0 Å². The summed E-state index contributed by atoms with van der Waals surface area (Å²) in [6.45, 7) is 2.06. The molecule has 0 unspecified atom stereocenters. The van der Waals surface area contributed by atoms with Gasteiger partial charge in [-0.3, -0.25) is 4.98 Å². The van der Waals surface area contributed by atoms with Crippen LogP contribution in [0.4, 0.5) is 0 Å². The summed E-state index contributed by atoms with van der Waals surface area (Å²) in [4.78, 5) is 9.58. The second kappa shape index (κ2) is 6.33. The van der Waals surface area contributed by atoms with E-state index in [9.17, 15) is 0 Å². The molecule has 0 bridgehead atoms. The first-order valence-electron chi connectivity index (χ1n) is 9.10. The fourth-order valence-corrected chi connectivity index (χ4v) is 3.52. The number of rotatable bonds is 2. The predicted molar refractivity (Wildman–Crippen MR) is 113 cm³/mol. The van der Waals surface area contributed by atoms with E-state index in [1.165, 1.54) is 11.1 Å².